The van der Waals surface area contributed by atoms with Crippen molar-refractivity contribution in [3.8, 4) is 0 Å². The summed E-state index contributed by atoms with van der Waals surface area (Å²) in [6.45, 7) is 5.28. The van der Waals surface area contributed by atoms with Crippen LogP contribution in [0.25, 0.3) is 0 Å². The lowest BCUT2D eigenvalue weighted by atomic mass is 9.94. The van der Waals surface area contributed by atoms with Gasteiger partial charge in [0.2, 0.25) is 10.0 Å². The summed E-state index contributed by atoms with van der Waals surface area (Å²) in [5.74, 6) is 0. The summed E-state index contributed by atoms with van der Waals surface area (Å²) >= 11 is 5.99. The number of halogens is 1. The number of sulfonamides is 1. The molecule has 1 aromatic carbocycles. The number of hydrogen-bond acceptors (Lipinski definition) is 5. The molecule has 2 atom stereocenters. The van der Waals surface area contributed by atoms with Gasteiger partial charge >= 0.3 is 6.09 Å². The number of nitrogens with zero attached hydrogens (tertiary/aromatic N) is 3. The molecule has 0 radical (unpaired) electrons. The second kappa shape index (κ2) is 12.3. The third-order valence-corrected chi connectivity index (χ3v) is 10.1. The number of carbonyl (C=O) groups excluding carboxylic acids is 1. The quantitative estimate of drug-likeness (QED) is 0.493. The Kier molecular flexibility index (Phi) is 9.35. The summed E-state index contributed by atoms with van der Waals surface area (Å²) in [7, 11) is -3.73. The Bertz CT molecular complexity index is 926. The average Bonchev–Trinajstić information content (AvgIpc) is 2.88. The van der Waals surface area contributed by atoms with E-state index in [-0.39, 0.29) is 29.7 Å². The number of benzene rings is 1. The van der Waals surface area contributed by atoms with Crippen LogP contribution in [0.4, 0.5) is 4.79 Å². The van der Waals surface area contributed by atoms with Gasteiger partial charge in [0.1, 0.15) is 6.61 Å². The second-order valence-electron chi connectivity index (χ2n) is 10.2. The van der Waals surface area contributed by atoms with Gasteiger partial charge in [-0.1, -0.05) is 50.6 Å². The molecule has 3 fully saturated rings. The van der Waals surface area contributed by atoms with Crippen molar-refractivity contribution in [1.82, 2.24) is 14.1 Å². The highest BCUT2D eigenvalue weighted by Crippen LogP contribution is 2.33. The second-order valence-corrected chi connectivity index (χ2v) is 12.5. The monoisotopic (exact) mass is 525 g/mol. The highest BCUT2D eigenvalue weighted by Gasteiger charge is 2.40. The highest BCUT2D eigenvalue weighted by molar-refractivity contribution is 7.89. The summed E-state index contributed by atoms with van der Waals surface area (Å²) < 4.78 is 34.7. The van der Waals surface area contributed by atoms with Gasteiger partial charge in [-0.05, 0) is 56.4 Å². The van der Waals surface area contributed by atoms with E-state index in [0.29, 0.717) is 30.6 Å². The number of piperidine rings is 1. The van der Waals surface area contributed by atoms with E-state index >= 15 is 0 Å². The van der Waals surface area contributed by atoms with Crippen LogP contribution in [0.5, 0.6) is 0 Å². The van der Waals surface area contributed by atoms with E-state index in [1.54, 1.807) is 33.5 Å². The zero-order valence-corrected chi connectivity index (χ0v) is 22.5. The van der Waals surface area contributed by atoms with E-state index in [1.807, 2.05) is 0 Å². The number of carbonyl (C=O) groups is 1. The molecule has 2 heterocycles. The molecule has 2 aliphatic heterocycles. The topological polar surface area (TPSA) is 70.2 Å². The third-order valence-electron chi connectivity index (χ3n) is 7.87. The van der Waals surface area contributed by atoms with Gasteiger partial charge in [0.25, 0.3) is 0 Å². The molecule has 1 saturated carbocycles. The fourth-order valence-electron chi connectivity index (χ4n) is 6.00. The molecule has 0 bridgehead atoms. The van der Waals surface area contributed by atoms with Crippen LogP contribution in [-0.4, -0.2) is 79.5 Å². The Hall–Kier alpha value is -1.35. The molecule has 0 spiro atoms. The summed E-state index contributed by atoms with van der Waals surface area (Å²) in [6.07, 6.45) is 10.3. The van der Waals surface area contributed by atoms with Crippen LogP contribution in [0.15, 0.2) is 29.2 Å². The molecule has 3 aliphatic rings. The Morgan fingerprint density at radius 1 is 0.943 bits per heavy atom. The Morgan fingerprint density at radius 3 is 2.26 bits per heavy atom. The molecule has 7 nitrogen and oxygen atoms in total. The maximum absolute atomic E-state index is 13.7. The maximum atomic E-state index is 13.7. The van der Waals surface area contributed by atoms with Gasteiger partial charge in [0.15, 0.2) is 0 Å². The smallest absolute Gasteiger partial charge is 0.409 e. The Morgan fingerprint density at radius 2 is 1.60 bits per heavy atom. The van der Waals surface area contributed by atoms with E-state index in [1.165, 1.54) is 32.1 Å². The number of ether oxygens (including phenoxy) is 1. The standard InChI is InChI=1S/C26H40ClN3O4S/c1-2-7-23-10-6-11-24(30(23)35(32,33)25-14-12-21(27)13-15-25)20-34-26(31)29-18-16-28(17-19-29)22-8-4-3-5-9-22/h12-15,22-24H,2-11,16-20H2,1H3/t23-,24-/m0/s1. The molecule has 0 aromatic heterocycles. The molecule has 35 heavy (non-hydrogen) atoms. The first kappa shape index (κ1) is 26.7. The number of amides is 1. The number of rotatable bonds is 7. The van der Waals surface area contributed by atoms with E-state index < -0.39 is 10.0 Å². The minimum Gasteiger partial charge on any atom is -0.448 e. The third kappa shape index (κ3) is 6.51. The normalized spacial score (nSPS) is 25.5. The lowest BCUT2D eigenvalue weighted by Crippen LogP contribution is -2.54. The fourth-order valence-corrected chi connectivity index (χ4v) is 8.01. The molecular weight excluding hydrogens is 486 g/mol. The van der Waals surface area contributed by atoms with Crippen LogP contribution >= 0.6 is 11.6 Å². The lowest BCUT2D eigenvalue weighted by molar-refractivity contribution is 0.0377. The van der Waals surface area contributed by atoms with Gasteiger partial charge < -0.3 is 9.64 Å². The first-order valence-corrected chi connectivity index (χ1v) is 15.2. The van der Waals surface area contributed by atoms with Gasteiger partial charge in [-0.3, -0.25) is 4.90 Å². The van der Waals surface area contributed by atoms with Crippen LogP contribution in [0.3, 0.4) is 0 Å². The van der Waals surface area contributed by atoms with Crippen molar-refractivity contribution in [3.05, 3.63) is 29.3 Å². The van der Waals surface area contributed by atoms with Crippen molar-refractivity contribution >= 4 is 27.7 Å². The molecule has 4 rings (SSSR count). The van der Waals surface area contributed by atoms with Gasteiger partial charge in [0, 0.05) is 43.3 Å². The van der Waals surface area contributed by atoms with Gasteiger partial charge in [-0.15, -0.1) is 0 Å². The van der Waals surface area contributed by atoms with Crippen LogP contribution in [-0.2, 0) is 14.8 Å². The Balaban J connectivity index is 1.38. The SMILES string of the molecule is CCC[C@H]1CCC[C@@H](COC(=O)N2CCN(C3CCCCC3)CC2)N1S(=O)(=O)c1ccc(Cl)cc1. The van der Waals surface area contributed by atoms with Crippen LogP contribution in [0.2, 0.25) is 5.02 Å². The van der Waals surface area contributed by atoms with Crippen molar-refractivity contribution < 1.29 is 17.9 Å². The zero-order chi connectivity index (χ0) is 24.8. The minimum absolute atomic E-state index is 0.0860. The summed E-state index contributed by atoms with van der Waals surface area (Å²) in [4.78, 5) is 17.4. The highest BCUT2D eigenvalue weighted by atomic mass is 35.5. The van der Waals surface area contributed by atoms with Crippen LogP contribution in [0.1, 0.15) is 71.1 Å². The molecule has 1 aliphatic carbocycles. The number of piperazine rings is 1. The average molecular weight is 526 g/mol. The molecule has 0 unspecified atom stereocenters. The maximum Gasteiger partial charge on any atom is 0.409 e. The summed E-state index contributed by atoms with van der Waals surface area (Å²) in [5, 5.41) is 0.502. The summed E-state index contributed by atoms with van der Waals surface area (Å²) in [6, 6.07) is 6.55. The predicted octanol–water partition coefficient (Wildman–Crippen LogP) is 5.14. The van der Waals surface area contributed by atoms with Crippen molar-refractivity contribution in [2.24, 2.45) is 0 Å². The van der Waals surface area contributed by atoms with Crippen molar-refractivity contribution in [2.75, 3.05) is 32.8 Å². The van der Waals surface area contributed by atoms with Crippen LogP contribution in [0, 0.1) is 0 Å². The van der Waals surface area contributed by atoms with Crippen molar-refractivity contribution in [3.63, 3.8) is 0 Å². The number of hydrogen-bond donors (Lipinski definition) is 0. The lowest BCUT2D eigenvalue weighted by Gasteiger charge is -2.42. The zero-order valence-electron chi connectivity index (χ0n) is 20.9. The largest absolute Gasteiger partial charge is 0.448 e. The van der Waals surface area contributed by atoms with Crippen molar-refractivity contribution in [1.29, 1.82) is 0 Å². The fraction of sp³-hybridized carbons (Fsp3) is 0.731. The molecular formula is C26H40ClN3O4S. The van der Waals surface area contributed by atoms with Gasteiger partial charge in [-0.25, -0.2) is 13.2 Å². The molecule has 1 aromatic rings. The summed E-state index contributed by atoms with van der Waals surface area (Å²) in [5.41, 5.74) is 0. The Labute approximate surface area is 215 Å². The predicted molar refractivity (Wildman–Crippen MR) is 138 cm³/mol. The molecule has 1 amide bonds. The van der Waals surface area contributed by atoms with Gasteiger partial charge in [-0.2, -0.15) is 4.31 Å². The molecule has 0 N–H and O–H groups in total. The minimum atomic E-state index is -3.73. The van der Waals surface area contributed by atoms with E-state index in [9.17, 15) is 13.2 Å². The van der Waals surface area contributed by atoms with Crippen molar-refractivity contribution in [2.45, 2.75) is 94.2 Å². The van der Waals surface area contributed by atoms with E-state index in [0.717, 1.165) is 38.8 Å². The first-order chi connectivity index (χ1) is 16.9. The molecule has 196 valence electrons. The van der Waals surface area contributed by atoms with E-state index in [4.69, 9.17) is 16.3 Å². The molecule has 9 heteroatoms. The van der Waals surface area contributed by atoms with Gasteiger partial charge in [0.05, 0.1) is 10.9 Å². The van der Waals surface area contributed by atoms with Crippen LogP contribution < -0.4 is 0 Å². The van der Waals surface area contributed by atoms with E-state index in [2.05, 4.69) is 11.8 Å². The molecule has 2 saturated heterocycles. The first-order valence-electron chi connectivity index (χ1n) is 13.3.